The summed E-state index contributed by atoms with van der Waals surface area (Å²) in [5.41, 5.74) is 3.39. The van der Waals surface area contributed by atoms with Crippen molar-refractivity contribution in [1.29, 1.82) is 0 Å². The zero-order valence-corrected chi connectivity index (χ0v) is 15.4. The SMILES string of the molecule is CCc1nc(C2CCCC2)c(-c2ccc(N(C)C(=O)NC)cc2)s1. The minimum atomic E-state index is -0.111. The molecule has 1 aromatic carbocycles. The Morgan fingerprint density at radius 1 is 1.29 bits per heavy atom. The van der Waals surface area contributed by atoms with E-state index < -0.39 is 0 Å². The normalized spacial score (nSPS) is 14.8. The predicted molar refractivity (Wildman–Crippen MR) is 101 cm³/mol. The van der Waals surface area contributed by atoms with Gasteiger partial charge in [0.25, 0.3) is 0 Å². The number of rotatable bonds is 4. The molecular formula is C19H25N3OS. The highest BCUT2D eigenvalue weighted by Gasteiger charge is 2.24. The van der Waals surface area contributed by atoms with Gasteiger partial charge in [0.1, 0.15) is 0 Å². The molecule has 3 rings (SSSR count). The number of nitrogens with one attached hydrogen (secondary N) is 1. The van der Waals surface area contributed by atoms with Gasteiger partial charge in [-0.3, -0.25) is 4.90 Å². The molecule has 4 nitrogen and oxygen atoms in total. The number of hydrogen-bond acceptors (Lipinski definition) is 3. The lowest BCUT2D eigenvalue weighted by Crippen LogP contribution is -2.34. The summed E-state index contributed by atoms with van der Waals surface area (Å²) in [4.78, 5) is 19.6. The van der Waals surface area contributed by atoms with Gasteiger partial charge in [-0.1, -0.05) is 31.9 Å². The largest absolute Gasteiger partial charge is 0.341 e. The summed E-state index contributed by atoms with van der Waals surface area (Å²) in [5.74, 6) is 0.616. The molecule has 0 bridgehead atoms. The minimum Gasteiger partial charge on any atom is -0.341 e. The summed E-state index contributed by atoms with van der Waals surface area (Å²) in [6, 6.07) is 8.13. The van der Waals surface area contributed by atoms with Crippen molar-refractivity contribution in [3.05, 3.63) is 35.0 Å². The maximum Gasteiger partial charge on any atom is 0.321 e. The number of thiazole rings is 1. The zero-order chi connectivity index (χ0) is 17.1. The van der Waals surface area contributed by atoms with E-state index in [9.17, 15) is 4.79 Å². The summed E-state index contributed by atoms with van der Waals surface area (Å²) in [6.45, 7) is 2.17. The second-order valence-corrected chi connectivity index (χ2v) is 7.40. The molecule has 5 heteroatoms. The van der Waals surface area contributed by atoms with E-state index in [1.54, 1.807) is 19.0 Å². The van der Waals surface area contributed by atoms with Crippen LogP contribution in [0.4, 0.5) is 10.5 Å². The third-order valence-corrected chi connectivity index (χ3v) is 6.04. The Balaban J connectivity index is 1.91. The number of carbonyl (C=O) groups is 1. The summed E-state index contributed by atoms with van der Waals surface area (Å²) in [5, 5.41) is 3.87. The summed E-state index contributed by atoms with van der Waals surface area (Å²) < 4.78 is 0. The van der Waals surface area contributed by atoms with Gasteiger partial charge < -0.3 is 5.32 Å². The fourth-order valence-electron chi connectivity index (χ4n) is 3.33. The van der Waals surface area contributed by atoms with Gasteiger partial charge in [0.05, 0.1) is 15.6 Å². The molecule has 2 aromatic rings. The molecule has 1 aromatic heterocycles. The molecule has 2 amide bonds. The first-order valence-electron chi connectivity index (χ1n) is 8.69. The average molecular weight is 343 g/mol. The van der Waals surface area contributed by atoms with E-state index in [4.69, 9.17) is 4.98 Å². The van der Waals surface area contributed by atoms with Gasteiger partial charge in [-0.05, 0) is 37.0 Å². The number of aryl methyl sites for hydroxylation is 1. The number of nitrogens with zero attached hydrogens (tertiary/aromatic N) is 2. The Hall–Kier alpha value is -1.88. The van der Waals surface area contributed by atoms with Gasteiger partial charge in [0.15, 0.2) is 0 Å². The molecule has 1 saturated carbocycles. The van der Waals surface area contributed by atoms with Crippen LogP contribution in [-0.2, 0) is 6.42 Å². The van der Waals surface area contributed by atoms with E-state index in [2.05, 4.69) is 24.4 Å². The molecule has 0 aliphatic heterocycles. The van der Waals surface area contributed by atoms with Crippen LogP contribution in [0.25, 0.3) is 10.4 Å². The highest BCUT2D eigenvalue weighted by Crippen LogP contribution is 2.42. The molecule has 1 aliphatic carbocycles. The van der Waals surface area contributed by atoms with Crippen LogP contribution in [0.5, 0.6) is 0 Å². The molecular weight excluding hydrogens is 318 g/mol. The van der Waals surface area contributed by atoms with Gasteiger partial charge in [0, 0.05) is 25.7 Å². The number of hydrogen-bond donors (Lipinski definition) is 1. The second-order valence-electron chi connectivity index (χ2n) is 6.32. The Morgan fingerprint density at radius 3 is 2.54 bits per heavy atom. The van der Waals surface area contributed by atoms with Crippen LogP contribution in [0.1, 0.15) is 49.2 Å². The van der Waals surface area contributed by atoms with Crippen molar-refractivity contribution >= 4 is 23.1 Å². The fraction of sp³-hybridized carbons (Fsp3) is 0.474. The number of carbonyl (C=O) groups excluding carboxylic acids is 1. The lowest BCUT2D eigenvalue weighted by atomic mass is 10.00. The van der Waals surface area contributed by atoms with Gasteiger partial charge in [-0.25, -0.2) is 9.78 Å². The maximum absolute atomic E-state index is 11.7. The van der Waals surface area contributed by atoms with Gasteiger partial charge >= 0.3 is 6.03 Å². The van der Waals surface area contributed by atoms with Gasteiger partial charge in [-0.2, -0.15) is 0 Å². The molecule has 1 aliphatic rings. The first kappa shape index (κ1) is 17.0. The molecule has 1 fully saturated rings. The maximum atomic E-state index is 11.7. The first-order chi connectivity index (χ1) is 11.6. The molecule has 128 valence electrons. The average Bonchev–Trinajstić information content (AvgIpc) is 3.29. The van der Waals surface area contributed by atoms with E-state index in [1.807, 2.05) is 23.5 Å². The Morgan fingerprint density at radius 2 is 1.96 bits per heavy atom. The smallest absolute Gasteiger partial charge is 0.321 e. The van der Waals surface area contributed by atoms with Gasteiger partial charge in [-0.15, -0.1) is 11.3 Å². The van der Waals surface area contributed by atoms with E-state index in [-0.39, 0.29) is 6.03 Å². The highest BCUT2D eigenvalue weighted by atomic mass is 32.1. The third-order valence-electron chi connectivity index (χ3n) is 4.78. The highest BCUT2D eigenvalue weighted by molar-refractivity contribution is 7.15. The lowest BCUT2D eigenvalue weighted by Gasteiger charge is -2.17. The van der Waals surface area contributed by atoms with Crippen LogP contribution in [0.3, 0.4) is 0 Å². The molecule has 1 N–H and O–H groups in total. The molecule has 1 heterocycles. The number of aromatic nitrogens is 1. The second kappa shape index (κ2) is 7.34. The van der Waals surface area contributed by atoms with E-state index >= 15 is 0 Å². The van der Waals surface area contributed by atoms with Crippen LogP contribution in [0, 0.1) is 0 Å². The number of amides is 2. The minimum absolute atomic E-state index is 0.111. The van der Waals surface area contributed by atoms with Crippen molar-refractivity contribution in [1.82, 2.24) is 10.3 Å². The standard InChI is InChI=1S/C19H25N3OS/c1-4-16-21-17(13-7-5-6-8-13)18(24-16)14-9-11-15(12-10-14)22(3)19(23)20-2/h9-13H,4-8H2,1-3H3,(H,20,23). The topological polar surface area (TPSA) is 45.2 Å². The molecule has 0 spiro atoms. The Kier molecular flexibility index (Phi) is 5.19. The lowest BCUT2D eigenvalue weighted by molar-refractivity contribution is 0.249. The van der Waals surface area contributed by atoms with Crippen molar-refractivity contribution in [2.75, 3.05) is 19.0 Å². The first-order valence-corrected chi connectivity index (χ1v) is 9.51. The van der Waals surface area contributed by atoms with Crippen molar-refractivity contribution < 1.29 is 4.79 Å². The number of anilines is 1. The van der Waals surface area contributed by atoms with Crippen molar-refractivity contribution in [2.24, 2.45) is 0 Å². The summed E-state index contributed by atoms with van der Waals surface area (Å²) in [7, 11) is 3.42. The molecule has 24 heavy (non-hydrogen) atoms. The molecule has 0 unspecified atom stereocenters. The van der Waals surface area contributed by atoms with E-state index in [0.717, 1.165) is 12.1 Å². The van der Waals surface area contributed by atoms with Crippen molar-refractivity contribution in [3.8, 4) is 10.4 Å². The van der Waals surface area contributed by atoms with Crippen LogP contribution in [0.2, 0.25) is 0 Å². The quantitative estimate of drug-likeness (QED) is 0.866. The van der Waals surface area contributed by atoms with Crippen LogP contribution >= 0.6 is 11.3 Å². The van der Waals surface area contributed by atoms with Gasteiger partial charge in [0.2, 0.25) is 0 Å². The van der Waals surface area contributed by atoms with Crippen LogP contribution in [-0.4, -0.2) is 25.1 Å². The summed E-state index contributed by atoms with van der Waals surface area (Å²) in [6.07, 6.45) is 6.15. The molecule has 0 atom stereocenters. The van der Waals surface area contributed by atoms with E-state index in [0.29, 0.717) is 5.92 Å². The van der Waals surface area contributed by atoms with Crippen molar-refractivity contribution in [2.45, 2.75) is 44.9 Å². The number of benzene rings is 1. The van der Waals surface area contributed by atoms with Crippen molar-refractivity contribution in [3.63, 3.8) is 0 Å². The Labute approximate surface area is 147 Å². The monoisotopic (exact) mass is 343 g/mol. The molecule has 0 radical (unpaired) electrons. The summed E-state index contributed by atoms with van der Waals surface area (Å²) >= 11 is 1.82. The van der Waals surface area contributed by atoms with E-state index in [1.165, 1.54) is 46.8 Å². The molecule has 0 saturated heterocycles. The van der Waals surface area contributed by atoms with Crippen LogP contribution in [0.15, 0.2) is 24.3 Å². The fourth-order valence-corrected chi connectivity index (χ4v) is 4.43. The predicted octanol–water partition coefficient (Wildman–Crippen LogP) is 4.81. The Bertz CT molecular complexity index is 702. The van der Waals surface area contributed by atoms with Crippen LogP contribution < -0.4 is 10.2 Å². The number of urea groups is 1. The third kappa shape index (κ3) is 3.31. The zero-order valence-electron chi connectivity index (χ0n) is 14.6.